The fraction of sp³-hybridized carbons (Fsp3) is 0.556. The maximum absolute atomic E-state index is 12.8. The molecule has 0 bridgehead atoms. The number of nitrogens with one attached hydrogen (secondary N) is 1. The summed E-state index contributed by atoms with van der Waals surface area (Å²) in [6.45, 7) is 3.89. The molecule has 2 atom stereocenters. The van der Waals surface area contributed by atoms with Gasteiger partial charge in [-0.1, -0.05) is 12.1 Å². The van der Waals surface area contributed by atoms with E-state index in [1.807, 2.05) is 24.0 Å². The van der Waals surface area contributed by atoms with Gasteiger partial charge in [0, 0.05) is 19.6 Å². The first-order valence-corrected chi connectivity index (χ1v) is 8.65. The third-order valence-electron chi connectivity index (χ3n) is 4.80. The van der Waals surface area contributed by atoms with Crippen molar-refractivity contribution < 1.29 is 14.3 Å². The first-order valence-electron chi connectivity index (χ1n) is 8.65. The lowest BCUT2D eigenvalue weighted by Crippen LogP contribution is -2.32. The Labute approximate surface area is 142 Å². The van der Waals surface area contributed by atoms with Crippen LogP contribution in [0.2, 0.25) is 0 Å². The number of hydrogen-bond donors (Lipinski definition) is 2. The fourth-order valence-corrected chi connectivity index (χ4v) is 3.42. The van der Waals surface area contributed by atoms with Gasteiger partial charge in [0.05, 0.1) is 17.4 Å². The zero-order valence-electron chi connectivity index (χ0n) is 14.1. The number of benzene rings is 1. The van der Waals surface area contributed by atoms with Gasteiger partial charge >= 0.3 is 0 Å². The second kappa shape index (κ2) is 7.32. The Morgan fingerprint density at radius 3 is 2.71 bits per heavy atom. The van der Waals surface area contributed by atoms with Crippen molar-refractivity contribution in [3.63, 3.8) is 0 Å². The fourth-order valence-electron chi connectivity index (χ4n) is 3.42. The number of nitrogens with zero attached hydrogens (tertiary/aromatic N) is 1. The van der Waals surface area contributed by atoms with Crippen molar-refractivity contribution in [1.29, 1.82) is 0 Å². The van der Waals surface area contributed by atoms with Gasteiger partial charge in [-0.25, -0.2) is 0 Å². The van der Waals surface area contributed by atoms with E-state index >= 15 is 0 Å². The number of ether oxygens (including phenoxy) is 1. The van der Waals surface area contributed by atoms with Crippen LogP contribution in [0.5, 0.6) is 0 Å². The molecule has 0 aromatic heterocycles. The van der Waals surface area contributed by atoms with E-state index in [2.05, 4.69) is 5.32 Å². The van der Waals surface area contributed by atoms with E-state index in [1.165, 1.54) is 0 Å². The Bertz CT molecular complexity index is 626. The SMILES string of the molecule is Cc1cccc(NC(=O)[C@@H]2CC[C@H](CN)O2)c1C(=O)N1CCCC1. The second-order valence-corrected chi connectivity index (χ2v) is 6.55. The first kappa shape index (κ1) is 16.9. The van der Waals surface area contributed by atoms with Crippen molar-refractivity contribution in [3.05, 3.63) is 29.3 Å². The topological polar surface area (TPSA) is 84.7 Å². The van der Waals surface area contributed by atoms with Crippen LogP contribution >= 0.6 is 0 Å². The number of carbonyl (C=O) groups excluding carboxylic acids is 2. The van der Waals surface area contributed by atoms with Crippen LogP contribution in [0.1, 0.15) is 41.6 Å². The molecule has 2 fully saturated rings. The second-order valence-electron chi connectivity index (χ2n) is 6.55. The minimum Gasteiger partial charge on any atom is -0.364 e. The van der Waals surface area contributed by atoms with Crippen LogP contribution in [-0.4, -0.2) is 48.6 Å². The van der Waals surface area contributed by atoms with Gasteiger partial charge in [-0.2, -0.15) is 0 Å². The smallest absolute Gasteiger partial charge is 0.256 e. The van der Waals surface area contributed by atoms with Crippen LogP contribution < -0.4 is 11.1 Å². The Balaban J connectivity index is 1.77. The Hall–Kier alpha value is -1.92. The maximum atomic E-state index is 12.8. The highest BCUT2D eigenvalue weighted by atomic mass is 16.5. The summed E-state index contributed by atoms with van der Waals surface area (Å²) in [4.78, 5) is 27.2. The third kappa shape index (κ3) is 3.44. The first-order chi connectivity index (χ1) is 11.6. The van der Waals surface area contributed by atoms with Crippen LogP contribution in [0.3, 0.4) is 0 Å². The number of amides is 2. The summed E-state index contributed by atoms with van der Waals surface area (Å²) in [5, 5.41) is 2.89. The molecule has 6 nitrogen and oxygen atoms in total. The zero-order valence-corrected chi connectivity index (χ0v) is 14.1. The van der Waals surface area contributed by atoms with Gasteiger partial charge in [-0.15, -0.1) is 0 Å². The molecule has 2 aliphatic rings. The molecule has 0 aliphatic carbocycles. The largest absolute Gasteiger partial charge is 0.364 e. The normalized spacial score (nSPS) is 23.5. The Kier molecular flexibility index (Phi) is 5.16. The lowest BCUT2D eigenvalue weighted by atomic mass is 10.0. The number of carbonyl (C=O) groups is 2. The molecule has 2 heterocycles. The van der Waals surface area contributed by atoms with Crippen LogP contribution in [0.15, 0.2) is 18.2 Å². The minimum absolute atomic E-state index is 0.00641. The number of hydrogen-bond acceptors (Lipinski definition) is 4. The molecule has 0 unspecified atom stereocenters. The Morgan fingerprint density at radius 1 is 1.29 bits per heavy atom. The predicted molar refractivity (Wildman–Crippen MR) is 91.9 cm³/mol. The molecule has 0 spiro atoms. The molecular formula is C18H25N3O3. The molecule has 3 N–H and O–H groups in total. The zero-order chi connectivity index (χ0) is 17.1. The molecule has 1 aromatic carbocycles. The average molecular weight is 331 g/mol. The van der Waals surface area contributed by atoms with E-state index in [0.717, 1.165) is 37.9 Å². The summed E-state index contributed by atoms with van der Waals surface area (Å²) < 4.78 is 5.64. The van der Waals surface area contributed by atoms with Crippen molar-refractivity contribution in [3.8, 4) is 0 Å². The van der Waals surface area contributed by atoms with Gasteiger partial charge in [-0.3, -0.25) is 9.59 Å². The van der Waals surface area contributed by atoms with Crippen molar-refractivity contribution in [2.45, 2.75) is 44.8 Å². The molecule has 2 saturated heterocycles. The molecule has 6 heteroatoms. The highest BCUT2D eigenvalue weighted by Gasteiger charge is 2.31. The van der Waals surface area contributed by atoms with Crippen LogP contribution in [0.4, 0.5) is 5.69 Å². The number of nitrogens with two attached hydrogens (primary N) is 1. The number of anilines is 1. The lowest BCUT2D eigenvalue weighted by molar-refractivity contribution is -0.126. The number of likely N-dealkylation sites (tertiary alicyclic amines) is 1. The number of rotatable bonds is 4. The van der Waals surface area contributed by atoms with Gasteiger partial charge in [0.2, 0.25) is 0 Å². The molecule has 3 rings (SSSR count). The van der Waals surface area contributed by atoms with Gasteiger partial charge in [0.1, 0.15) is 6.10 Å². The summed E-state index contributed by atoms with van der Waals surface area (Å²) in [6.07, 6.45) is 2.99. The predicted octanol–water partition coefficient (Wildman–Crippen LogP) is 1.68. The summed E-state index contributed by atoms with van der Waals surface area (Å²) in [6, 6.07) is 5.53. The van der Waals surface area contributed by atoms with E-state index < -0.39 is 6.10 Å². The molecule has 2 amide bonds. The van der Waals surface area contributed by atoms with Crippen LogP contribution in [0, 0.1) is 6.92 Å². The quantitative estimate of drug-likeness (QED) is 0.879. The summed E-state index contributed by atoms with van der Waals surface area (Å²) in [7, 11) is 0. The minimum atomic E-state index is -0.492. The van der Waals surface area contributed by atoms with E-state index in [-0.39, 0.29) is 17.9 Å². The van der Waals surface area contributed by atoms with E-state index in [0.29, 0.717) is 24.2 Å². The van der Waals surface area contributed by atoms with Gasteiger partial charge in [-0.05, 0) is 44.2 Å². The molecule has 0 saturated carbocycles. The Morgan fingerprint density at radius 2 is 2.04 bits per heavy atom. The molecule has 0 radical (unpaired) electrons. The van der Waals surface area contributed by atoms with Gasteiger partial charge in [0.25, 0.3) is 11.8 Å². The summed E-state index contributed by atoms with van der Waals surface area (Å²) >= 11 is 0. The monoisotopic (exact) mass is 331 g/mol. The van der Waals surface area contributed by atoms with Gasteiger partial charge < -0.3 is 20.7 Å². The van der Waals surface area contributed by atoms with E-state index in [1.54, 1.807) is 6.07 Å². The molecule has 130 valence electrons. The maximum Gasteiger partial charge on any atom is 0.256 e. The van der Waals surface area contributed by atoms with Crippen LogP contribution in [0.25, 0.3) is 0 Å². The number of aryl methyl sites for hydroxylation is 1. The standard InChI is InChI=1S/C18H25N3O3/c1-12-5-4-6-14(16(12)18(23)21-9-2-3-10-21)20-17(22)15-8-7-13(11-19)24-15/h4-6,13,15H,2-3,7-11,19H2,1H3,(H,20,22)/t13-,15+/m1/s1. The summed E-state index contributed by atoms with van der Waals surface area (Å²) in [5.41, 5.74) is 7.62. The lowest BCUT2D eigenvalue weighted by Gasteiger charge is -2.20. The average Bonchev–Trinajstić information content (AvgIpc) is 3.26. The molecular weight excluding hydrogens is 306 g/mol. The van der Waals surface area contributed by atoms with Crippen molar-refractivity contribution in [2.75, 3.05) is 25.0 Å². The van der Waals surface area contributed by atoms with Crippen molar-refractivity contribution in [1.82, 2.24) is 4.90 Å². The van der Waals surface area contributed by atoms with Crippen molar-refractivity contribution in [2.24, 2.45) is 5.73 Å². The van der Waals surface area contributed by atoms with Crippen molar-refractivity contribution >= 4 is 17.5 Å². The summed E-state index contributed by atoms with van der Waals surface area (Å²) in [5.74, 6) is -0.208. The van der Waals surface area contributed by atoms with E-state index in [4.69, 9.17) is 10.5 Å². The highest BCUT2D eigenvalue weighted by Crippen LogP contribution is 2.25. The molecule has 1 aromatic rings. The third-order valence-corrected chi connectivity index (χ3v) is 4.80. The highest BCUT2D eigenvalue weighted by molar-refractivity contribution is 6.05. The van der Waals surface area contributed by atoms with Gasteiger partial charge in [0.15, 0.2) is 0 Å². The van der Waals surface area contributed by atoms with E-state index in [9.17, 15) is 9.59 Å². The molecule has 2 aliphatic heterocycles. The van der Waals surface area contributed by atoms with Crippen LogP contribution in [-0.2, 0) is 9.53 Å². The molecule has 24 heavy (non-hydrogen) atoms.